The van der Waals surface area contributed by atoms with Crippen molar-refractivity contribution in [2.24, 2.45) is 0 Å². The van der Waals surface area contributed by atoms with E-state index in [9.17, 15) is 13.2 Å². The van der Waals surface area contributed by atoms with Gasteiger partial charge in [0.05, 0.1) is 11.9 Å². The van der Waals surface area contributed by atoms with Gasteiger partial charge in [-0.2, -0.15) is 0 Å². The van der Waals surface area contributed by atoms with Gasteiger partial charge in [-0.25, -0.2) is 8.42 Å². The van der Waals surface area contributed by atoms with Crippen molar-refractivity contribution in [3.8, 4) is 11.5 Å². The van der Waals surface area contributed by atoms with Crippen LogP contribution in [0.1, 0.15) is 0 Å². The number of fused-ring (bicyclic) bond motifs is 1. The third-order valence-electron chi connectivity index (χ3n) is 4.18. The Morgan fingerprint density at radius 3 is 2.50 bits per heavy atom. The Morgan fingerprint density at radius 2 is 1.83 bits per heavy atom. The van der Waals surface area contributed by atoms with Crippen LogP contribution < -0.4 is 13.8 Å². The highest BCUT2D eigenvalue weighted by Gasteiger charge is 2.27. The molecule has 1 fully saturated rings. The Morgan fingerprint density at radius 1 is 1.17 bits per heavy atom. The van der Waals surface area contributed by atoms with Crippen molar-refractivity contribution in [1.29, 1.82) is 0 Å². The zero-order valence-electron chi connectivity index (χ0n) is 13.8. The lowest BCUT2D eigenvalue weighted by Crippen LogP contribution is -2.50. The van der Waals surface area contributed by atoms with Crippen LogP contribution in [-0.4, -0.2) is 76.9 Å². The SMILES string of the molecule is CN1CCN(C(=O)CN(c2ccc3c(c2)OCO3)S(C)(=O)=O)CC1. The minimum Gasteiger partial charge on any atom is -0.454 e. The van der Waals surface area contributed by atoms with Gasteiger partial charge in [-0.15, -0.1) is 0 Å². The van der Waals surface area contributed by atoms with Gasteiger partial charge >= 0.3 is 0 Å². The van der Waals surface area contributed by atoms with Crippen LogP contribution in [0.25, 0.3) is 0 Å². The number of anilines is 1. The number of hydrogen-bond donors (Lipinski definition) is 0. The van der Waals surface area contributed by atoms with Gasteiger partial charge in [-0.1, -0.05) is 0 Å². The van der Waals surface area contributed by atoms with E-state index in [4.69, 9.17) is 9.47 Å². The van der Waals surface area contributed by atoms with Crippen molar-refractivity contribution < 1.29 is 22.7 Å². The van der Waals surface area contributed by atoms with Gasteiger partial charge in [0.25, 0.3) is 0 Å². The smallest absolute Gasteiger partial charge is 0.243 e. The highest BCUT2D eigenvalue weighted by molar-refractivity contribution is 7.92. The summed E-state index contributed by atoms with van der Waals surface area (Å²) in [6.45, 7) is 2.67. The van der Waals surface area contributed by atoms with Crippen LogP contribution in [0.3, 0.4) is 0 Å². The Kier molecular flexibility index (Phi) is 4.55. The Balaban J connectivity index is 1.79. The fraction of sp³-hybridized carbons (Fsp3) is 0.533. The number of nitrogens with zero attached hydrogens (tertiary/aromatic N) is 3. The number of ether oxygens (including phenoxy) is 2. The first-order valence-corrected chi connectivity index (χ1v) is 9.53. The van der Waals surface area contributed by atoms with Crippen LogP contribution in [0.4, 0.5) is 5.69 Å². The average Bonchev–Trinajstić information content (AvgIpc) is 2.99. The summed E-state index contributed by atoms with van der Waals surface area (Å²) in [5, 5.41) is 0. The number of carbonyl (C=O) groups is 1. The van der Waals surface area contributed by atoms with Crippen LogP contribution in [-0.2, 0) is 14.8 Å². The lowest BCUT2D eigenvalue weighted by Gasteiger charge is -2.34. The maximum atomic E-state index is 12.5. The third kappa shape index (κ3) is 3.57. The number of benzene rings is 1. The highest BCUT2D eigenvalue weighted by atomic mass is 32.2. The van der Waals surface area contributed by atoms with Gasteiger partial charge in [0.1, 0.15) is 6.54 Å². The van der Waals surface area contributed by atoms with E-state index < -0.39 is 10.0 Å². The van der Waals surface area contributed by atoms with Crippen LogP contribution in [0.15, 0.2) is 18.2 Å². The second kappa shape index (κ2) is 6.48. The molecule has 0 atom stereocenters. The van der Waals surface area contributed by atoms with Crippen LogP contribution >= 0.6 is 0 Å². The number of rotatable bonds is 4. The quantitative estimate of drug-likeness (QED) is 0.754. The maximum absolute atomic E-state index is 12.5. The van der Waals surface area contributed by atoms with Crippen molar-refractivity contribution in [1.82, 2.24) is 9.80 Å². The molecule has 1 aromatic rings. The molecule has 2 heterocycles. The molecule has 0 spiro atoms. The maximum Gasteiger partial charge on any atom is 0.243 e. The van der Waals surface area contributed by atoms with Gasteiger partial charge < -0.3 is 19.3 Å². The second-order valence-corrected chi connectivity index (χ2v) is 7.90. The number of piperazine rings is 1. The molecule has 9 heteroatoms. The lowest BCUT2D eigenvalue weighted by atomic mass is 10.2. The molecular weight excluding hydrogens is 334 g/mol. The van der Waals surface area contributed by atoms with E-state index in [0.717, 1.165) is 23.7 Å². The predicted octanol–water partition coefficient (Wildman–Crippen LogP) is -0.0447. The fourth-order valence-corrected chi connectivity index (χ4v) is 3.56. The van der Waals surface area contributed by atoms with E-state index in [0.29, 0.717) is 30.3 Å². The monoisotopic (exact) mass is 355 g/mol. The third-order valence-corrected chi connectivity index (χ3v) is 5.32. The summed E-state index contributed by atoms with van der Waals surface area (Å²) in [7, 11) is -1.60. The molecule has 2 aliphatic heterocycles. The summed E-state index contributed by atoms with van der Waals surface area (Å²) in [6, 6.07) is 4.85. The number of sulfonamides is 1. The molecule has 0 aliphatic carbocycles. The summed E-state index contributed by atoms with van der Waals surface area (Å²) < 4.78 is 36.0. The lowest BCUT2D eigenvalue weighted by molar-refractivity contribution is -0.131. The number of amides is 1. The molecule has 24 heavy (non-hydrogen) atoms. The summed E-state index contributed by atoms with van der Waals surface area (Å²) in [5.74, 6) is 0.844. The first kappa shape index (κ1) is 16.8. The summed E-state index contributed by atoms with van der Waals surface area (Å²) in [6.07, 6.45) is 1.09. The summed E-state index contributed by atoms with van der Waals surface area (Å²) in [4.78, 5) is 16.3. The summed E-state index contributed by atoms with van der Waals surface area (Å²) >= 11 is 0. The molecule has 1 amide bonds. The molecular formula is C15H21N3O5S. The number of carbonyl (C=O) groups excluding carboxylic acids is 1. The van der Waals surface area contributed by atoms with Gasteiger partial charge in [0, 0.05) is 32.2 Å². The van der Waals surface area contributed by atoms with Crippen molar-refractivity contribution in [3.63, 3.8) is 0 Å². The van der Waals surface area contributed by atoms with E-state index in [1.165, 1.54) is 0 Å². The largest absolute Gasteiger partial charge is 0.454 e. The Hall–Kier alpha value is -2.00. The minimum atomic E-state index is -3.60. The molecule has 8 nitrogen and oxygen atoms in total. The van der Waals surface area contributed by atoms with Crippen LogP contribution in [0, 0.1) is 0 Å². The average molecular weight is 355 g/mol. The molecule has 132 valence electrons. The molecule has 0 N–H and O–H groups in total. The van der Waals surface area contributed by atoms with Crippen LogP contribution in [0.2, 0.25) is 0 Å². The van der Waals surface area contributed by atoms with Gasteiger partial charge in [0.15, 0.2) is 11.5 Å². The molecule has 0 unspecified atom stereocenters. The van der Waals surface area contributed by atoms with E-state index in [-0.39, 0.29) is 19.2 Å². The van der Waals surface area contributed by atoms with Crippen molar-refractivity contribution in [2.45, 2.75) is 0 Å². The second-order valence-electron chi connectivity index (χ2n) is 5.99. The predicted molar refractivity (Wildman–Crippen MR) is 88.8 cm³/mol. The van der Waals surface area contributed by atoms with E-state index in [1.807, 2.05) is 7.05 Å². The molecule has 1 aromatic carbocycles. The first-order valence-electron chi connectivity index (χ1n) is 7.68. The number of likely N-dealkylation sites (N-methyl/N-ethyl adjacent to an activating group) is 1. The van der Waals surface area contributed by atoms with E-state index in [1.54, 1.807) is 23.1 Å². The van der Waals surface area contributed by atoms with Crippen molar-refractivity contribution in [3.05, 3.63) is 18.2 Å². The Bertz CT molecular complexity index is 729. The standard InChI is InChI=1S/C15H21N3O5S/c1-16-5-7-17(8-6-16)15(19)10-18(24(2,20)21)12-3-4-13-14(9-12)23-11-22-13/h3-4,9H,5-8,10-11H2,1-2H3. The number of hydrogen-bond acceptors (Lipinski definition) is 6. The van der Waals surface area contributed by atoms with E-state index >= 15 is 0 Å². The highest BCUT2D eigenvalue weighted by Crippen LogP contribution is 2.36. The minimum absolute atomic E-state index is 0.109. The van der Waals surface area contributed by atoms with Crippen molar-refractivity contribution >= 4 is 21.6 Å². The molecule has 0 radical (unpaired) electrons. The Labute approximate surface area is 141 Å². The van der Waals surface area contributed by atoms with E-state index in [2.05, 4.69) is 4.90 Å². The molecule has 0 aromatic heterocycles. The van der Waals surface area contributed by atoms with Gasteiger partial charge in [-0.05, 0) is 19.2 Å². The van der Waals surface area contributed by atoms with Crippen molar-refractivity contribution in [2.75, 3.05) is 57.1 Å². The fourth-order valence-electron chi connectivity index (χ4n) is 2.72. The molecule has 2 aliphatic rings. The topological polar surface area (TPSA) is 79.4 Å². The first-order chi connectivity index (χ1) is 11.3. The molecule has 0 saturated carbocycles. The molecule has 1 saturated heterocycles. The molecule has 3 rings (SSSR count). The normalized spacial score (nSPS) is 17.8. The van der Waals surface area contributed by atoms with Gasteiger partial charge in [0.2, 0.25) is 22.7 Å². The molecule has 0 bridgehead atoms. The van der Waals surface area contributed by atoms with Gasteiger partial charge in [-0.3, -0.25) is 9.10 Å². The summed E-state index contributed by atoms with van der Waals surface area (Å²) in [5.41, 5.74) is 0.393. The zero-order chi connectivity index (χ0) is 17.3. The van der Waals surface area contributed by atoms with Crippen LogP contribution in [0.5, 0.6) is 11.5 Å². The zero-order valence-corrected chi connectivity index (χ0v) is 14.6.